The van der Waals surface area contributed by atoms with Crippen LogP contribution in [0.4, 0.5) is 17.1 Å². The zero-order chi connectivity index (χ0) is 35.8. The second kappa shape index (κ2) is 13.4. The first-order valence-corrected chi connectivity index (χ1v) is 18.4. The minimum absolute atomic E-state index is 0.904. The molecule has 54 heavy (non-hydrogen) atoms. The molecular formula is C52H35NO. The van der Waals surface area contributed by atoms with E-state index in [2.05, 4.69) is 205 Å². The van der Waals surface area contributed by atoms with E-state index in [0.29, 0.717) is 0 Å². The van der Waals surface area contributed by atoms with Gasteiger partial charge in [-0.3, -0.25) is 0 Å². The summed E-state index contributed by atoms with van der Waals surface area (Å²) < 4.78 is 6.44. The van der Waals surface area contributed by atoms with E-state index >= 15 is 0 Å². The molecule has 10 aromatic rings. The van der Waals surface area contributed by atoms with Gasteiger partial charge in [0.2, 0.25) is 0 Å². The van der Waals surface area contributed by atoms with Gasteiger partial charge in [0, 0.05) is 33.4 Å². The summed E-state index contributed by atoms with van der Waals surface area (Å²) >= 11 is 0. The Hall–Kier alpha value is -7.16. The van der Waals surface area contributed by atoms with Gasteiger partial charge in [0.05, 0.1) is 0 Å². The molecule has 2 heteroatoms. The van der Waals surface area contributed by atoms with Crippen LogP contribution in [0.15, 0.2) is 217 Å². The maximum atomic E-state index is 6.44. The first-order valence-electron chi connectivity index (χ1n) is 18.4. The smallest absolute Gasteiger partial charge is 0.143 e. The quantitative estimate of drug-likeness (QED) is 0.166. The highest BCUT2D eigenvalue weighted by molar-refractivity contribution is 6.09. The van der Waals surface area contributed by atoms with E-state index < -0.39 is 0 Å². The standard InChI is InChI=1S/C52H35NO/c1-3-13-36(14-4-1)43-32-44(37-15-5-2-6-16-37)35-47(34-43)53(46-20-11-19-41(33-46)42-26-25-38-17-7-8-18-40(38)31-42)45-29-27-39(28-30-45)48-22-12-23-50-49-21-9-10-24-51(49)54-52(48)50/h1-35H. The molecule has 0 aliphatic heterocycles. The van der Waals surface area contributed by atoms with E-state index in [9.17, 15) is 0 Å². The topological polar surface area (TPSA) is 16.4 Å². The Morgan fingerprint density at radius 2 is 0.870 bits per heavy atom. The van der Waals surface area contributed by atoms with Crippen LogP contribution < -0.4 is 4.90 Å². The lowest BCUT2D eigenvalue weighted by Crippen LogP contribution is -2.10. The lowest BCUT2D eigenvalue weighted by atomic mass is 9.96. The molecule has 0 unspecified atom stereocenters. The molecule has 0 amide bonds. The van der Waals surface area contributed by atoms with E-state index in [1.807, 2.05) is 12.1 Å². The Kier molecular flexibility index (Phi) is 7.85. The number of hydrogen-bond acceptors (Lipinski definition) is 2. The Bertz CT molecular complexity index is 2870. The number of hydrogen-bond donors (Lipinski definition) is 0. The summed E-state index contributed by atoms with van der Waals surface area (Å²) in [5, 5.41) is 4.74. The van der Waals surface area contributed by atoms with E-state index in [4.69, 9.17) is 4.42 Å². The molecule has 254 valence electrons. The maximum absolute atomic E-state index is 6.44. The summed E-state index contributed by atoms with van der Waals surface area (Å²) in [6.07, 6.45) is 0. The highest BCUT2D eigenvalue weighted by Gasteiger charge is 2.18. The largest absolute Gasteiger partial charge is 0.455 e. The number of para-hydroxylation sites is 2. The van der Waals surface area contributed by atoms with Crippen LogP contribution in [0, 0.1) is 0 Å². The zero-order valence-corrected chi connectivity index (χ0v) is 29.6. The molecule has 0 fully saturated rings. The van der Waals surface area contributed by atoms with Gasteiger partial charge in [-0.1, -0.05) is 158 Å². The average Bonchev–Trinajstić information content (AvgIpc) is 3.64. The van der Waals surface area contributed by atoms with Crippen LogP contribution in [0.2, 0.25) is 0 Å². The molecule has 0 aliphatic carbocycles. The van der Waals surface area contributed by atoms with Gasteiger partial charge in [0.1, 0.15) is 11.2 Å². The highest BCUT2D eigenvalue weighted by Crippen LogP contribution is 2.42. The fourth-order valence-electron chi connectivity index (χ4n) is 7.74. The number of nitrogens with zero attached hydrogens (tertiary/aromatic N) is 1. The average molecular weight is 690 g/mol. The maximum Gasteiger partial charge on any atom is 0.143 e. The van der Waals surface area contributed by atoms with Crippen molar-refractivity contribution in [3.05, 3.63) is 212 Å². The van der Waals surface area contributed by atoms with Crippen LogP contribution >= 0.6 is 0 Å². The normalized spacial score (nSPS) is 11.3. The Morgan fingerprint density at radius 1 is 0.296 bits per heavy atom. The molecule has 0 saturated heterocycles. The molecule has 0 spiro atoms. The van der Waals surface area contributed by atoms with Crippen LogP contribution in [0.3, 0.4) is 0 Å². The SMILES string of the molecule is c1ccc(-c2cc(-c3ccccc3)cc(N(c3ccc(-c4cccc5c4oc4ccccc45)cc3)c3cccc(-c4ccc5ccccc5c4)c3)c2)cc1. The van der Waals surface area contributed by atoms with Gasteiger partial charge in [0.15, 0.2) is 0 Å². The Balaban J connectivity index is 1.15. The van der Waals surface area contributed by atoms with Gasteiger partial charge in [-0.2, -0.15) is 0 Å². The van der Waals surface area contributed by atoms with Crippen molar-refractivity contribution in [2.45, 2.75) is 0 Å². The van der Waals surface area contributed by atoms with Gasteiger partial charge >= 0.3 is 0 Å². The predicted octanol–water partition coefficient (Wildman–Crippen LogP) is 14.9. The van der Waals surface area contributed by atoms with Gasteiger partial charge in [-0.15, -0.1) is 0 Å². The van der Waals surface area contributed by atoms with Gasteiger partial charge in [-0.05, 0) is 104 Å². The molecule has 1 aromatic heterocycles. The summed E-state index contributed by atoms with van der Waals surface area (Å²) in [4.78, 5) is 2.38. The molecule has 0 atom stereocenters. The van der Waals surface area contributed by atoms with E-state index in [-0.39, 0.29) is 0 Å². The van der Waals surface area contributed by atoms with E-state index in [1.165, 1.54) is 33.0 Å². The lowest BCUT2D eigenvalue weighted by molar-refractivity contribution is 0.670. The number of benzene rings is 9. The van der Waals surface area contributed by atoms with Crippen molar-refractivity contribution in [2.75, 3.05) is 4.90 Å². The van der Waals surface area contributed by atoms with Crippen molar-refractivity contribution in [2.24, 2.45) is 0 Å². The lowest BCUT2D eigenvalue weighted by Gasteiger charge is -2.27. The molecule has 10 rings (SSSR count). The zero-order valence-electron chi connectivity index (χ0n) is 29.6. The van der Waals surface area contributed by atoms with Crippen molar-refractivity contribution in [3.8, 4) is 44.5 Å². The third-order valence-electron chi connectivity index (χ3n) is 10.4. The van der Waals surface area contributed by atoms with Crippen molar-refractivity contribution in [1.82, 2.24) is 0 Å². The summed E-state index contributed by atoms with van der Waals surface area (Å²) in [6.45, 7) is 0. The highest BCUT2D eigenvalue weighted by atomic mass is 16.3. The number of rotatable bonds is 7. The molecule has 0 saturated carbocycles. The van der Waals surface area contributed by atoms with Crippen LogP contribution in [0.1, 0.15) is 0 Å². The van der Waals surface area contributed by atoms with Crippen molar-refractivity contribution >= 4 is 49.8 Å². The van der Waals surface area contributed by atoms with Crippen molar-refractivity contribution < 1.29 is 4.42 Å². The molecule has 0 aliphatic rings. The molecule has 0 bridgehead atoms. The summed E-state index contributed by atoms with van der Waals surface area (Å²) in [6, 6.07) is 76.0. The number of furan rings is 1. The Morgan fingerprint density at radius 3 is 1.63 bits per heavy atom. The molecule has 0 radical (unpaired) electrons. The van der Waals surface area contributed by atoms with Crippen LogP contribution in [0.5, 0.6) is 0 Å². The summed E-state index contributed by atoms with van der Waals surface area (Å²) in [5.41, 5.74) is 14.3. The van der Waals surface area contributed by atoms with Gasteiger partial charge in [-0.25, -0.2) is 0 Å². The fraction of sp³-hybridized carbons (Fsp3) is 0. The van der Waals surface area contributed by atoms with Crippen LogP contribution in [0.25, 0.3) is 77.2 Å². The molecule has 2 nitrogen and oxygen atoms in total. The predicted molar refractivity (Wildman–Crippen MR) is 228 cm³/mol. The van der Waals surface area contributed by atoms with E-state index in [1.54, 1.807) is 0 Å². The monoisotopic (exact) mass is 689 g/mol. The molecule has 0 N–H and O–H groups in total. The summed E-state index contributed by atoms with van der Waals surface area (Å²) in [5.74, 6) is 0. The van der Waals surface area contributed by atoms with Gasteiger partial charge < -0.3 is 9.32 Å². The number of fused-ring (bicyclic) bond motifs is 4. The van der Waals surface area contributed by atoms with Gasteiger partial charge in [0.25, 0.3) is 0 Å². The third kappa shape index (κ3) is 5.81. The minimum atomic E-state index is 0.904. The molecular weight excluding hydrogens is 655 g/mol. The number of anilines is 3. The van der Waals surface area contributed by atoms with Crippen molar-refractivity contribution in [1.29, 1.82) is 0 Å². The van der Waals surface area contributed by atoms with Crippen molar-refractivity contribution in [3.63, 3.8) is 0 Å². The first kappa shape index (κ1) is 31.6. The molecule has 1 heterocycles. The third-order valence-corrected chi connectivity index (χ3v) is 10.4. The minimum Gasteiger partial charge on any atom is -0.455 e. The fourth-order valence-corrected chi connectivity index (χ4v) is 7.74. The summed E-state index contributed by atoms with van der Waals surface area (Å²) in [7, 11) is 0. The molecule has 9 aromatic carbocycles. The second-order valence-electron chi connectivity index (χ2n) is 13.8. The second-order valence-corrected chi connectivity index (χ2v) is 13.8. The van der Waals surface area contributed by atoms with Crippen LogP contribution in [-0.4, -0.2) is 0 Å². The first-order chi connectivity index (χ1) is 26.7. The van der Waals surface area contributed by atoms with Crippen LogP contribution in [-0.2, 0) is 0 Å². The van der Waals surface area contributed by atoms with E-state index in [0.717, 1.165) is 61.3 Å². The Labute approximate surface area is 314 Å².